The maximum absolute atomic E-state index is 13.5. The molecule has 4 heterocycles. The Bertz CT molecular complexity index is 1180. The van der Waals surface area contributed by atoms with Gasteiger partial charge in [-0.3, -0.25) is 9.97 Å². The quantitative estimate of drug-likeness (QED) is 0.471. The second kappa shape index (κ2) is 8.28. The number of benzene rings is 1. The Morgan fingerprint density at radius 2 is 1.74 bits per heavy atom. The smallest absolute Gasteiger partial charge is 0.170 e. The maximum Gasteiger partial charge on any atom is 0.170 e. The number of nitrogens with zero attached hydrogens (tertiary/aromatic N) is 4. The predicted molar refractivity (Wildman–Crippen MR) is 121 cm³/mol. The van der Waals surface area contributed by atoms with Crippen molar-refractivity contribution in [2.45, 2.75) is 18.6 Å². The Morgan fingerprint density at radius 3 is 2.48 bits per heavy atom. The molecule has 1 aromatic carbocycles. The van der Waals surface area contributed by atoms with Crippen LogP contribution in [0, 0.1) is 5.82 Å². The van der Waals surface area contributed by atoms with Gasteiger partial charge in [0.1, 0.15) is 5.82 Å². The first kappa shape index (κ1) is 19.4. The largest absolute Gasteiger partial charge is 0.352 e. The van der Waals surface area contributed by atoms with E-state index in [0.29, 0.717) is 11.7 Å². The molecule has 1 aliphatic heterocycles. The molecule has 0 unspecified atom stereocenters. The van der Waals surface area contributed by atoms with E-state index in [2.05, 4.69) is 30.8 Å². The van der Waals surface area contributed by atoms with Crippen LogP contribution in [-0.4, -0.2) is 24.5 Å². The second-order valence-corrected chi connectivity index (χ2v) is 7.78. The van der Waals surface area contributed by atoms with Gasteiger partial charge >= 0.3 is 0 Å². The summed E-state index contributed by atoms with van der Waals surface area (Å²) in [6.07, 6.45) is 7.36. The molecule has 1 fully saturated rings. The van der Waals surface area contributed by atoms with Crippen molar-refractivity contribution < 1.29 is 4.39 Å². The van der Waals surface area contributed by atoms with E-state index in [-0.39, 0.29) is 17.9 Å². The van der Waals surface area contributed by atoms with Gasteiger partial charge in [0, 0.05) is 42.7 Å². The molecule has 0 radical (unpaired) electrons. The summed E-state index contributed by atoms with van der Waals surface area (Å²) in [5, 5.41) is 4.14. The van der Waals surface area contributed by atoms with E-state index in [1.807, 2.05) is 42.6 Å². The number of thiocarbonyl (C=S) groups is 1. The summed E-state index contributed by atoms with van der Waals surface area (Å²) in [4.78, 5) is 10.9. The Hall–Kier alpha value is -3.58. The van der Waals surface area contributed by atoms with E-state index < -0.39 is 0 Å². The highest BCUT2D eigenvalue weighted by Crippen LogP contribution is 2.40. The first-order valence-electron chi connectivity index (χ1n) is 10.0. The summed E-state index contributed by atoms with van der Waals surface area (Å²) in [6, 6.07) is 20.2. The second-order valence-electron chi connectivity index (χ2n) is 7.39. The number of hydrogen-bond acceptors (Lipinski definition) is 3. The number of aromatic nitrogens is 3. The van der Waals surface area contributed by atoms with E-state index in [1.165, 1.54) is 12.1 Å². The van der Waals surface area contributed by atoms with Gasteiger partial charge in [-0.1, -0.05) is 6.07 Å². The van der Waals surface area contributed by atoms with Crippen LogP contribution < -0.4 is 5.32 Å². The third-order valence-electron chi connectivity index (χ3n) is 5.49. The van der Waals surface area contributed by atoms with Gasteiger partial charge in [0.15, 0.2) is 5.11 Å². The fourth-order valence-corrected chi connectivity index (χ4v) is 4.36. The summed E-state index contributed by atoms with van der Waals surface area (Å²) in [5.41, 5.74) is 3.97. The highest BCUT2D eigenvalue weighted by atomic mass is 32.1. The minimum absolute atomic E-state index is 0.101. The van der Waals surface area contributed by atoms with Crippen molar-refractivity contribution in [2.75, 3.05) is 0 Å². The maximum atomic E-state index is 13.5. The van der Waals surface area contributed by atoms with E-state index in [0.717, 1.165) is 22.6 Å². The molecule has 0 spiro atoms. The average molecular weight is 430 g/mol. The van der Waals surface area contributed by atoms with Crippen LogP contribution in [0.2, 0.25) is 0 Å². The molecule has 1 N–H and O–H groups in total. The lowest BCUT2D eigenvalue weighted by Gasteiger charge is -2.29. The summed E-state index contributed by atoms with van der Waals surface area (Å²) in [5.74, 6) is -0.258. The molecular weight excluding hydrogens is 409 g/mol. The summed E-state index contributed by atoms with van der Waals surface area (Å²) in [6.45, 7) is 0.636. The molecule has 1 saturated heterocycles. The van der Waals surface area contributed by atoms with E-state index in [4.69, 9.17) is 12.2 Å². The molecular formula is C24H20FN5S. The monoisotopic (exact) mass is 429 g/mol. The number of nitrogens with one attached hydrogen (secondary N) is 1. The molecule has 31 heavy (non-hydrogen) atoms. The zero-order valence-electron chi connectivity index (χ0n) is 16.6. The standard InChI is InChI=1S/C24H20FN5S/c25-18-6-8-19(9-7-18)29-15-3-5-21(29)23-22(20-4-1-2-12-27-20)28-24(31)30(23)16-17-10-13-26-14-11-17/h1-15,22-23H,16H2,(H,28,31)/t22-,23-/m0/s1. The van der Waals surface area contributed by atoms with E-state index in [1.54, 1.807) is 30.7 Å². The summed E-state index contributed by atoms with van der Waals surface area (Å²) < 4.78 is 15.6. The van der Waals surface area contributed by atoms with E-state index >= 15 is 0 Å². The minimum atomic E-state index is -0.258. The Labute approximate surface area is 185 Å². The topological polar surface area (TPSA) is 46.0 Å². The van der Waals surface area contributed by atoms with Gasteiger partial charge in [-0.2, -0.15) is 0 Å². The number of pyridine rings is 2. The van der Waals surface area contributed by atoms with Crippen molar-refractivity contribution in [1.29, 1.82) is 0 Å². The number of halogens is 1. The molecule has 1 aliphatic rings. The molecule has 5 nitrogen and oxygen atoms in total. The van der Waals surface area contributed by atoms with Crippen molar-refractivity contribution >= 4 is 17.3 Å². The van der Waals surface area contributed by atoms with Gasteiger partial charge in [0.25, 0.3) is 0 Å². The Balaban J connectivity index is 1.60. The molecule has 5 rings (SSSR count). The minimum Gasteiger partial charge on any atom is -0.352 e. The van der Waals surface area contributed by atoms with Crippen molar-refractivity contribution in [2.24, 2.45) is 0 Å². The first-order chi connectivity index (χ1) is 15.2. The summed E-state index contributed by atoms with van der Waals surface area (Å²) >= 11 is 5.76. The first-order valence-corrected chi connectivity index (χ1v) is 10.4. The van der Waals surface area contributed by atoms with Crippen LogP contribution in [0.5, 0.6) is 0 Å². The lowest BCUT2D eigenvalue weighted by molar-refractivity contribution is 0.302. The third-order valence-corrected chi connectivity index (χ3v) is 5.84. The number of rotatable bonds is 5. The molecule has 154 valence electrons. The van der Waals surface area contributed by atoms with Crippen LogP contribution in [0.4, 0.5) is 4.39 Å². The van der Waals surface area contributed by atoms with Crippen LogP contribution in [0.3, 0.4) is 0 Å². The highest BCUT2D eigenvalue weighted by Gasteiger charge is 2.41. The fourth-order valence-electron chi connectivity index (χ4n) is 4.05. The Morgan fingerprint density at radius 1 is 0.935 bits per heavy atom. The van der Waals surface area contributed by atoms with Crippen LogP contribution in [0.25, 0.3) is 5.69 Å². The van der Waals surface area contributed by atoms with Gasteiger partial charge in [-0.25, -0.2) is 4.39 Å². The van der Waals surface area contributed by atoms with Crippen LogP contribution in [-0.2, 0) is 6.54 Å². The van der Waals surface area contributed by atoms with Gasteiger partial charge < -0.3 is 14.8 Å². The van der Waals surface area contributed by atoms with Crippen molar-refractivity contribution in [1.82, 2.24) is 24.8 Å². The predicted octanol–water partition coefficient (Wildman–Crippen LogP) is 4.58. The van der Waals surface area contributed by atoms with Crippen molar-refractivity contribution in [3.63, 3.8) is 0 Å². The van der Waals surface area contributed by atoms with Crippen LogP contribution >= 0.6 is 12.2 Å². The zero-order valence-corrected chi connectivity index (χ0v) is 17.4. The zero-order chi connectivity index (χ0) is 21.2. The normalized spacial score (nSPS) is 18.2. The van der Waals surface area contributed by atoms with Gasteiger partial charge in [0.2, 0.25) is 0 Å². The molecule has 0 aliphatic carbocycles. The average Bonchev–Trinajstić information content (AvgIpc) is 3.40. The lowest BCUT2D eigenvalue weighted by Crippen LogP contribution is -2.30. The van der Waals surface area contributed by atoms with Gasteiger partial charge in [0.05, 0.1) is 17.8 Å². The van der Waals surface area contributed by atoms with Crippen LogP contribution in [0.1, 0.15) is 29.0 Å². The fraction of sp³-hybridized carbons (Fsp3) is 0.125. The van der Waals surface area contributed by atoms with Crippen LogP contribution in [0.15, 0.2) is 91.5 Å². The molecule has 0 saturated carbocycles. The Kier molecular flexibility index (Phi) is 5.18. The van der Waals surface area contributed by atoms with E-state index in [9.17, 15) is 4.39 Å². The number of hydrogen-bond donors (Lipinski definition) is 1. The van der Waals surface area contributed by atoms with Crippen molar-refractivity contribution in [3.8, 4) is 5.69 Å². The molecule has 0 bridgehead atoms. The SMILES string of the molecule is Fc1ccc(-n2cccc2[C@H]2[C@H](c3ccccn3)NC(=S)N2Cc2ccncc2)cc1. The third kappa shape index (κ3) is 3.80. The molecule has 7 heteroatoms. The highest BCUT2D eigenvalue weighted by molar-refractivity contribution is 7.80. The molecule has 3 aromatic heterocycles. The molecule has 2 atom stereocenters. The van der Waals surface area contributed by atoms with Gasteiger partial charge in [-0.15, -0.1) is 0 Å². The summed E-state index contributed by atoms with van der Waals surface area (Å²) in [7, 11) is 0. The van der Waals surface area contributed by atoms with Gasteiger partial charge in [-0.05, 0) is 78.4 Å². The lowest BCUT2D eigenvalue weighted by atomic mass is 10.0. The van der Waals surface area contributed by atoms with Crippen molar-refractivity contribution in [3.05, 3.63) is 114 Å². The molecule has 0 amide bonds. The molecule has 4 aromatic rings.